The van der Waals surface area contributed by atoms with Gasteiger partial charge in [0.15, 0.2) is 0 Å². The molecule has 2 aromatic carbocycles. The summed E-state index contributed by atoms with van der Waals surface area (Å²) in [6.07, 6.45) is 0.601. The van der Waals surface area contributed by atoms with Crippen LogP contribution in [0.3, 0.4) is 0 Å². The second kappa shape index (κ2) is 10.1. The number of rotatable bonds is 9. The number of carboxylic acids is 1. The Labute approximate surface area is 192 Å². The summed E-state index contributed by atoms with van der Waals surface area (Å²) in [6, 6.07) is 9.18. The molecule has 10 nitrogen and oxygen atoms in total. The lowest BCUT2D eigenvalue weighted by molar-refractivity contribution is -0.141. The van der Waals surface area contributed by atoms with Crippen LogP contribution in [0.5, 0.6) is 5.75 Å². The molecule has 178 valence electrons. The van der Waals surface area contributed by atoms with Gasteiger partial charge in [-0.25, -0.2) is 8.42 Å². The predicted octanol–water partition coefficient (Wildman–Crippen LogP) is 1.48. The van der Waals surface area contributed by atoms with Crippen molar-refractivity contribution in [2.24, 2.45) is 16.6 Å². The second-order valence-corrected chi connectivity index (χ2v) is 9.72. The molecular formula is C22H28N4O6S. The fraction of sp³-hybridized carbons (Fsp3) is 0.364. The molecular weight excluding hydrogens is 448 g/mol. The van der Waals surface area contributed by atoms with Crippen LogP contribution in [0, 0.1) is 13.8 Å². The number of nitrogens with two attached hydrogens (primary N) is 2. The average Bonchev–Trinajstić information content (AvgIpc) is 2.76. The van der Waals surface area contributed by atoms with Crippen molar-refractivity contribution < 1.29 is 27.9 Å². The molecule has 0 radical (unpaired) electrons. The van der Waals surface area contributed by atoms with E-state index in [-0.39, 0.29) is 30.4 Å². The molecule has 1 aliphatic rings. The van der Waals surface area contributed by atoms with Crippen LogP contribution < -0.4 is 16.2 Å². The molecule has 1 atom stereocenters. The maximum atomic E-state index is 13.5. The maximum absolute atomic E-state index is 13.5. The third-order valence-electron chi connectivity index (χ3n) is 5.30. The standard InChI is InChI=1S/C22H28N4O6S/c1-14-4-5-15(2)20(10-14)33(29,30)26-13-17-11-18(31-8-3-9-32-25-22(23)24)7-6-16(17)12-19(26)21(27)28/h4-7,10-11,19H,3,8-9,12-13H2,1-2H3,(H,27,28)(H4,23,24,25). The number of benzene rings is 2. The van der Waals surface area contributed by atoms with Gasteiger partial charge in [0.25, 0.3) is 0 Å². The monoisotopic (exact) mass is 476 g/mol. The van der Waals surface area contributed by atoms with Gasteiger partial charge in [0.1, 0.15) is 18.4 Å². The number of sulfonamides is 1. The van der Waals surface area contributed by atoms with Crippen molar-refractivity contribution in [1.82, 2.24) is 4.31 Å². The normalized spacial score (nSPS) is 16.0. The van der Waals surface area contributed by atoms with Crippen molar-refractivity contribution in [3.63, 3.8) is 0 Å². The summed E-state index contributed by atoms with van der Waals surface area (Å²) in [7, 11) is -4.04. The van der Waals surface area contributed by atoms with Gasteiger partial charge in [0, 0.05) is 19.4 Å². The third kappa shape index (κ3) is 5.74. The molecule has 0 spiro atoms. The van der Waals surface area contributed by atoms with Crippen molar-refractivity contribution >= 4 is 22.0 Å². The lowest BCUT2D eigenvalue weighted by Gasteiger charge is -2.34. The molecule has 3 rings (SSSR count). The van der Waals surface area contributed by atoms with Crippen LogP contribution in [0.25, 0.3) is 0 Å². The molecule has 0 fully saturated rings. The van der Waals surface area contributed by atoms with E-state index in [1.165, 1.54) is 0 Å². The Hall–Kier alpha value is -3.31. The number of aryl methyl sites for hydroxylation is 2. The average molecular weight is 477 g/mol. The Kier molecular flexibility index (Phi) is 7.44. The van der Waals surface area contributed by atoms with Crippen LogP contribution in [0.1, 0.15) is 28.7 Å². The number of hydrogen-bond donors (Lipinski definition) is 3. The van der Waals surface area contributed by atoms with E-state index < -0.39 is 22.0 Å². The summed E-state index contributed by atoms with van der Waals surface area (Å²) in [6.45, 7) is 4.03. The maximum Gasteiger partial charge on any atom is 0.322 e. The van der Waals surface area contributed by atoms with Crippen LogP contribution in [-0.4, -0.2) is 49.0 Å². The molecule has 0 bridgehead atoms. The summed E-state index contributed by atoms with van der Waals surface area (Å²) in [5, 5.41) is 13.2. The predicted molar refractivity (Wildman–Crippen MR) is 122 cm³/mol. The zero-order valence-electron chi connectivity index (χ0n) is 18.5. The van der Waals surface area contributed by atoms with E-state index in [1.807, 2.05) is 6.07 Å². The van der Waals surface area contributed by atoms with Crippen molar-refractivity contribution in [2.75, 3.05) is 13.2 Å². The zero-order chi connectivity index (χ0) is 24.2. The molecule has 2 aromatic rings. The first-order valence-electron chi connectivity index (χ1n) is 10.4. The number of guanidine groups is 1. The zero-order valence-corrected chi connectivity index (χ0v) is 19.3. The van der Waals surface area contributed by atoms with Crippen LogP contribution in [0.4, 0.5) is 0 Å². The Morgan fingerprint density at radius 2 is 1.91 bits per heavy atom. The van der Waals surface area contributed by atoms with Gasteiger partial charge in [-0.05, 0) is 59.5 Å². The summed E-state index contributed by atoms with van der Waals surface area (Å²) in [5.74, 6) is -0.797. The van der Waals surface area contributed by atoms with E-state index >= 15 is 0 Å². The molecule has 33 heavy (non-hydrogen) atoms. The summed E-state index contributed by atoms with van der Waals surface area (Å²) in [4.78, 5) is 17.0. The minimum atomic E-state index is -4.04. The quantitative estimate of drug-likeness (QED) is 0.212. The Morgan fingerprint density at radius 1 is 1.15 bits per heavy atom. The van der Waals surface area contributed by atoms with Crippen LogP contribution in [0.2, 0.25) is 0 Å². The summed E-state index contributed by atoms with van der Waals surface area (Å²) < 4.78 is 33.7. The SMILES string of the molecule is Cc1ccc(C)c(S(=O)(=O)N2Cc3cc(OCCCON=C(N)N)ccc3CC2C(=O)O)c1. The lowest BCUT2D eigenvalue weighted by Crippen LogP contribution is -2.48. The molecule has 1 heterocycles. The molecule has 11 heteroatoms. The first-order valence-corrected chi connectivity index (χ1v) is 11.8. The van der Waals surface area contributed by atoms with Crippen molar-refractivity contribution in [3.8, 4) is 5.75 Å². The molecule has 5 N–H and O–H groups in total. The number of fused-ring (bicyclic) bond motifs is 1. The fourth-order valence-corrected chi connectivity index (χ4v) is 5.51. The highest BCUT2D eigenvalue weighted by atomic mass is 32.2. The van der Waals surface area contributed by atoms with E-state index in [0.29, 0.717) is 29.9 Å². The molecule has 0 saturated heterocycles. The molecule has 1 unspecified atom stereocenters. The van der Waals surface area contributed by atoms with Gasteiger partial charge in [0.2, 0.25) is 16.0 Å². The summed E-state index contributed by atoms with van der Waals surface area (Å²) >= 11 is 0. The number of ether oxygens (including phenoxy) is 1. The molecule has 1 aliphatic heterocycles. The topological polar surface area (TPSA) is 158 Å². The van der Waals surface area contributed by atoms with E-state index in [4.69, 9.17) is 21.0 Å². The highest BCUT2D eigenvalue weighted by molar-refractivity contribution is 7.89. The van der Waals surface area contributed by atoms with Gasteiger partial charge >= 0.3 is 5.97 Å². The van der Waals surface area contributed by atoms with Gasteiger partial charge in [0.05, 0.1) is 11.5 Å². The molecule has 0 amide bonds. The molecule has 0 aromatic heterocycles. The van der Waals surface area contributed by atoms with E-state index in [9.17, 15) is 18.3 Å². The van der Waals surface area contributed by atoms with E-state index in [2.05, 4.69) is 5.16 Å². The molecule has 0 aliphatic carbocycles. The van der Waals surface area contributed by atoms with Gasteiger partial charge < -0.3 is 26.1 Å². The largest absolute Gasteiger partial charge is 0.493 e. The van der Waals surface area contributed by atoms with Crippen LogP contribution in [0.15, 0.2) is 46.4 Å². The van der Waals surface area contributed by atoms with E-state index in [0.717, 1.165) is 15.4 Å². The number of carbonyl (C=O) groups is 1. The number of hydrogen-bond acceptors (Lipinski definition) is 6. The smallest absolute Gasteiger partial charge is 0.322 e. The van der Waals surface area contributed by atoms with Crippen molar-refractivity contribution in [2.45, 2.75) is 44.2 Å². The Balaban J connectivity index is 1.81. The van der Waals surface area contributed by atoms with Gasteiger partial charge in [-0.2, -0.15) is 4.31 Å². The number of oxime groups is 1. The Bertz CT molecular complexity index is 1160. The summed E-state index contributed by atoms with van der Waals surface area (Å²) in [5.41, 5.74) is 13.2. The first-order chi connectivity index (χ1) is 15.6. The fourth-order valence-electron chi connectivity index (χ4n) is 3.63. The highest BCUT2D eigenvalue weighted by Gasteiger charge is 2.40. The minimum absolute atomic E-state index is 0.0627. The van der Waals surface area contributed by atoms with Crippen LogP contribution in [-0.2, 0) is 32.6 Å². The minimum Gasteiger partial charge on any atom is -0.493 e. The third-order valence-corrected chi connectivity index (χ3v) is 7.30. The van der Waals surface area contributed by atoms with Gasteiger partial charge in [-0.3, -0.25) is 4.79 Å². The first kappa shape index (κ1) is 24.3. The van der Waals surface area contributed by atoms with Gasteiger partial charge in [-0.1, -0.05) is 18.2 Å². The van der Waals surface area contributed by atoms with Crippen LogP contribution >= 0.6 is 0 Å². The highest BCUT2D eigenvalue weighted by Crippen LogP contribution is 2.32. The Morgan fingerprint density at radius 3 is 2.61 bits per heavy atom. The molecule has 0 saturated carbocycles. The number of carboxylic acid groups (broad SMARTS) is 1. The number of nitrogens with zero attached hydrogens (tertiary/aromatic N) is 2. The van der Waals surface area contributed by atoms with E-state index in [1.54, 1.807) is 44.2 Å². The second-order valence-electron chi connectivity index (χ2n) is 7.86. The van der Waals surface area contributed by atoms with Gasteiger partial charge in [-0.15, -0.1) is 0 Å². The van der Waals surface area contributed by atoms with Crippen molar-refractivity contribution in [1.29, 1.82) is 0 Å². The lowest BCUT2D eigenvalue weighted by atomic mass is 9.95. The number of aliphatic carboxylic acids is 1. The van der Waals surface area contributed by atoms with Crippen molar-refractivity contribution in [3.05, 3.63) is 58.7 Å².